The molecule has 6 atom stereocenters. The highest BCUT2D eigenvalue weighted by molar-refractivity contribution is 7.38. The molecule has 88 valence electrons. The average molecular weight is 244 g/mol. The first kappa shape index (κ1) is 12.3. The molecule has 0 aliphatic heterocycles. The molecule has 0 aromatic heterocycles. The van der Waals surface area contributed by atoms with Crippen molar-refractivity contribution in [1.29, 1.82) is 0 Å². The first-order valence-electron chi connectivity index (χ1n) is 6.69. The molecule has 2 rings (SSSR count). The number of hydrogen-bond donors (Lipinski definition) is 0. The van der Waals surface area contributed by atoms with Gasteiger partial charge in [0.1, 0.15) is 0 Å². The average Bonchev–Trinajstić information content (AvgIpc) is 2.87. The van der Waals surface area contributed by atoms with E-state index in [4.69, 9.17) is 0 Å². The first-order valence-corrected chi connectivity index (χ1v) is 9.85. The third-order valence-corrected chi connectivity index (χ3v) is 7.67. The molecule has 0 radical (unpaired) electrons. The van der Waals surface area contributed by atoms with E-state index in [1.54, 1.807) is 32.1 Å². The van der Waals surface area contributed by atoms with Crippen molar-refractivity contribution in [2.24, 2.45) is 11.8 Å². The standard InChI is InChI=1S/C13H26P2/c1-14-12-7-3-5-10(12)9-11-6-4-8-13(11)15-2/h10-15H,3-9H2,1-2H3. The van der Waals surface area contributed by atoms with Crippen LogP contribution in [0, 0.1) is 11.8 Å². The summed E-state index contributed by atoms with van der Waals surface area (Å²) in [5.74, 6) is 2.24. The molecular weight excluding hydrogens is 218 g/mol. The monoisotopic (exact) mass is 244 g/mol. The minimum absolute atomic E-state index is 1.12. The van der Waals surface area contributed by atoms with Crippen LogP contribution in [-0.2, 0) is 0 Å². The fourth-order valence-electron chi connectivity index (χ4n) is 3.79. The van der Waals surface area contributed by atoms with Crippen LogP contribution < -0.4 is 0 Å². The molecule has 2 fully saturated rings. The van der Waals surface area contributed by atoms with Crippen molar-refractivity contribution in [2.45, 2.75) is 56.3 Å². The molecule has 0 spiro atoms. The molecule has 0 amide bonds. The summed E-state index contributed by atoms with van der Waals surface area (Å²) < 4.78 is 0. The van der Waals surface area contributed by atoms with Crippen molar-refractivity contribution in [3.05, 3.63) is 0 Å². The predicted octanol–water partition coefficient (Wildman–Crippen LogP) is 4.33. The molecule has 0 aromatic carbocycles. The summed E-state index contributed by atoms with van der Waals surface area (Å²) in [5.41, 5.74) is 2.23. The van der Waals surface area contributed by atoms with E-state index in [9.17, 15) is 0 Å². The van der Waals surface area contributed by atoms with Gasteiger partial charge >= 0.3 is 0 Å². The molecule has 0 aromatic rings. The van der Waals surface area contributed by atoms with E-state index in [2.05, 4.69) is 13.3 Å². The van der Waals surface area contributed by atoms with Crippen molar-refractivity contribution in [1.82, 2.24) is 0 Å². The minimum Gasteiger partial charge on any atom is -0.122 e. The Morgan fingerprint density at radius 2 is 1.27 bits per heavy atom. The second-order valence-electron chi connectivity index (χ2n) is 5.41. The zero-order chi connectivity index (χ0) is 10.7. The lowest BCUT2D eigenvalue weighted by molar-refractivity contribution is 0.391. The Balaban J connectivity index is 1.84. The van der Waals surface area contributed by atoms with E-state index < -0.39 is 0 Å². The predicted molar refractivity (Wildman–Crippen MR) is 75.4 cm³/mol. The van der Waals surface area contributed by atoms with E-state index >= 15 is 0 Å². The zero-order valence-corrected chi connectivity index (χ0v) is 12.3. The first-order chi connectivity index (χ1) is 7.35. The van der Waals surface area contributed by atoms with Crippen LogP contribution >= 0.6 is 17.2 Å². The van der Waals surface area contributed by atoms with Crippen molar-refractivity contribution in [3.63, 3.8) is 0 Å². The van der Waals surface area contributed by atoms with Gasteiger partial charge in [-0.2, -0.15) is 0 Å². The molecule has 15 heavy (non-hydrogen) atoms. The molecule has 6 unspecified atom stereocenters. The second kappa shape index (κ2) is 5.97. The van der Waals surface area contributed by atoms with Gasteiger partial charge < -0.3 is 0 Å². The van der Waals surface area contributed by atoms with Crippen molar-refractivity contribution in [3.8, 4) is 0 Å². The second-order valence-corrected chi connectivity index (χ2v) is 8.05. The Kier molecular flexibility index (Phi) is 4.91. The Morgan fingerprint density at radius 3 is 1.67 bits per heavy atom. The summed E-state index contributed by atoms with van der Waals surface area (Å²) in [6.07, 6.45) is 10.9. The van der Waals surface area contributed by atoms with Gasteiger partial charge in [-0.05, 0) is 68.6 Å². The maximum absolute atomic E-state index is 2.43. The van der Waals surface area contributed by atoms with E-state index in [1.165, 1.54) is 30.0 Å². The Morgan fingerprint density at radius 1 is 0.800 bits per heavy atom. The van der Waals surface area contributed by atoms with Gasteiger partial charge in [0.25, 0.3) is 0 Å². The minimum atomic E-state index is 1.12. The quantitative estimate of drug-likeness (QED) is 0.646. The summed E-state index contributed by atoms with van der Waals surface area (Å²) in [7, 11) is 2.42. The van der Waals surface area contributed by atoms with Gasteiger partial charge in [0.05, 0.1) is 0 Å². The van der Waals surface area contributed by atoms with Gasteiger partial charge in [0.15, 0.2) is 0 Å². The molecule has 2 heteroatoms. The van der Waals surface area contributed by atoms with Gasteiger partial charge in [0.2, 0.25) is 0 Å². The maximum Gasteiger partial charge on any atom is -0.0211 e. The largest absolute Gasteiger partial charge is 0.122 e. The Bertz CT molecular complexity index is 173. The fourth-order valence-corrected chi connectivity index (χ4v) is 6.32. The lowest BCUT2D eigenvalue weighted by Gasteiger charge is -2.25. The van der Waals surface area contributed by atoms with Crippen LogP contribution in [-0.4, -0.2) is 24.6 Å². The zero-order valence-electron chi connectivity index (χ0n) is 10.3. The molecule has 2 aliphatic carbocycles. The summed E-state index contributed by atoms with van der Waals surface area (Å²) >= 11 is 0. The summed E-state index contributed by atoms with van der Waals surface area (Å²) in [6.45, 7) is 4.85. The van der Waals surface area contributed by atoms with Crippen LogP contribution in [0.3, 0.4) is 0 Å². The number of hydrogen-bond acceptors (Lipinski definition) is 0. The van der Waals surface area contributed by atoms with Crippen LogP contribution in [0.1, 0.15) is 44.9 Å². The Hall–Kier alpha value is 0.860. The van der Waals surface area contributed by atoms with Crippen LogP contribution in [0.2, 0.25) is 0 Å². The SMILES string of the molecule is CPC1CCCC1CC1CCCC1PC. The third kappa shape index (κ3) is 2.95. The van der Waals surface area contributed by atoms with Crippen molar-refractivity contribution >= 4 is 17.2 Å². The van der Waals surface area contributed by atoms with Gasteiger partial charge in [-0.1, -0.05) is 12.8 Å². The molecule has 2 saturated carbocycles. The van der Waals surface area contributed by atoms with Crippen LogP contribution in [0.5, 0.6) is 0 Å². The summed E-state index contributed by atoms with van der Waals surface area (Å²) in [4.78, 5) is 0. The molecule has 0 N–H and O–H groups in total. The van der Waals surface area contributed by atoms with Gasteiger partial charge in [-0.15, -0.1) is 17.2 Å². The van der Waals surface area contributed by atoms with Crippen LogP contribution in [0.4, 0.5) is 0 Å². The molecular formula is C13H26P2. The normalized spacial score (nSPS) is 42.8. The Labute approximate surface area is 98.9 Å². The van der Waals surface area contributed by atoms with Crippen molar-refractivity contribution in [2.75, 3.05) is 13.3 Å². The van der Waals surface area contributed by atoms with Gasteiger partial charge in [-0.3, -0.25) is 0 Å². The molecule has 2 aliphatic rings. The van der Waals surface area contributed by atoms with Crippen molar-refractivity contribution < 1.29 is 0 Å². The highest BCUT2D eigenvalue weighted by Gasteiger charge is 2.32. The highest BCUT2D eigenvalue weighted by Crippen LogP contribution is 2.46. The smallest absolute Gasteiger partial charge is 0.0211 e. The van der Waals surface area contributed by atoms with E-state index in [-0.39, 0.29) is 0 Å². The van der Waals surface area contributed by atoms with E-state index in [0.717, 1.165) is 23.2 Å². The highest BCUT2D eigenvalue weighted by atomic mass is 31.1. The van der Waals surface area contributed by atoms with E-state index in [1.807, 2.05) is 0 Å². The molecule has 0 bridgehead atoms. The lowest BCUT2D eigenvalue weighted by atomic mass is 9.92. The van der Waals surface area contributed by atoms with Gasteiger partial charge in [-0.25, -0.2) is 0 Å². The third-order valence-electron chi connectivity index (χ3n) is 4.67. The van der Waals surface area contributed by atoms with Crippen LogP contribution in [0.25, 0.3) is 0 Å². The van der Waals surface area contributed by atoms with Gasteiger partial charge in [0, 0.05) is 0 Å². The van der Waals surface area contributed by atoms with Crippen LogP contribution in [0.15, 0.2) is 0 Å². The summed E-state index contributed by atoms with van der Waals surface area (Å²) in [5, 5.41) is 0. The van der Waals surface area contributed by atoms with E-state index in [0.29, 0.717) is 0 Å². The molecule has 0 saturated heterocycles. The maximum atomic E-state index is 2.43. The topological polar surface area (TPSA) is 0 Å². The summed E-state index contributed by atoms with van der Waals surface area (Å²) in [6, 6.07) is 0. The molecule has 0 nitrogen and oxygen atoms in total. The number of rotatable bonds is 4. The molecule has 0 heterocycles. The fraction of sp³-hybridized carbons (Fsp3) is 1.00. The lowest BCUT2D eigenvalue weighted by Crippen LogP contribution is -2.17.